The van der Waals surface area contributed by atoms with Crippen LogP contribution in [0, 0.1) is 0 Å². The normalized spacial score (nSPS) is 28.5. The molecule has 2 N–H and O–H groups in total. The predicted octanol–water partition coefficient (Wildman–Crippen LogP) is 4.73. The zero-order valence-electron chi connectivity index (χ0n) is 17.0. The largest absolute Gasteiger partial charge is 0.335 e. The van der Waals surface area contributed by atoms with Gasteiger partial charge in [-0.2, -0.15) is 0 Å². The van der Waals surface area contributed by atoms with E-state index in [9.17, 15) is 9.59 Å². The molecule has 0 aromatic heterocycles. The van der Waals surface area contributed by atoms with Gasteiger partial charge in [0.15, 0.2) is 5.78 Å². The van der Waals surface area contributed by atoms with Crippen molar-refractivity contribution in [1.82, 2.24) is 10.2 Å². The minimum atomic E-state index is -0.158. The van der Waals surface area contributed by atoms with Crippen molar-refractivity contribution in [3.8, 4) is 0 Å². The molecule has 2 amide bonds. The number of amides is 2. The van der Waals surface area contributed by atoms with Crippen LogP contribution in [0.25, 0.3) is 0 Å². The van der Waals surface area contributed by atoms with Crippen LogP contribution >= 0.6 is 0 Å². The van der Waals surface area contributed by atoms with Crippen LogP contribution in [0.1, 0.15) is 81.5 Å². The molecule has 1 aliphatic carbocycles. The van der Waals surface area contributed by atoms with Gasteiger partial charge in [0.1, 0.15) is 0 Å². The highest BCUT2D eigenvalue weighted by Crippen LogP contribution is 2.39. The molecule has 5 heteroatoms. The second-order valence-electron chi connectivity index (χ2n) is 8.88. The van der Waals surface area contributed by atoms with Gasteiger partial charge in [0.2, 0.25) is 0 Å². The molecule has 1 saturated carbocycles. The lowest BCUT2D eigenvalue weighted by Gasteiger charge is -2.53. The number of anilines is 1. The SMILES string of the molecule is CC(=O)c1cccc(NC(=O)NC2C[C@H]3CCC[C@H](C2)N3C2CCCCC2)c1. The van der Waals surface area contributed by atoms with Gasteiger partial charge in [0.05, 0.1) is 0 Å². The number of hydrogen-bond donors (Lipinski definition) is 2. The van der Waals surface area contributed by atoms with Gasteiger partial charge >= 0.3 is 6.03 Å². The molecule has 1 aromatic carbocycles. The van der Waals surface area contributed by atoms with Crippen LogP contribution in [-0.4, -0.2) is 40.9 Å². The lowest BCUT2D eigenvalue weighted by atomic mass is 9.78. The summed E-state index contributed by atoms with van der Waals surface area (Å²) in [6, 6.07) is 9.25. The Bertz CT molecular complexity index is 700. The Morgan fingerprint density at radius 1 is 0.929 bits per heavy atom. The van der Waals surface area contributed by atoms with Crippen LogP contribution < -0.4 is 10.6 Å². The molecule has 1 aromatic rings. The molecule has 5 nitrogen and oxygen atoms in total. The van der Waals surface area contributed by atoms with Crippen LogP contribution in [0.15, 0.2) is 24.3 Å². The number of benzene rings is 1. The summed E-state index contributed by atoms with van der Waals surface area (Å²) >= 11 is 0. The summed E-state index contributed by atoms with van der Waals surface area (Å²) < 4.78 is 0. The molecule has 152 valence electrons. The molecule has 2 aliphatic heterocycles. The van der Waals surface area contributed by atoms with E-state index in [-0.39, 0.29) is 17.9 Å². The summed E-state index contributed by atoms with van der Waals surface area (Å²) in [5.74, 6) is 0.00645. The van der Waals surface area contributed by atoms with Gasteiger partial charge in [-0.15, -0.1) is 0 Å². The maximum Gasteiger partial charge on any atom is 0.319 e. The molecule has 28 heavy (non-hydrogen) atoms. The summed E-state index contributed by atoms with van der Waals surface area (Å²) in [7, 11) is 0. The highest BCUT2D eigenvalue weighted by Gasteiger charge is 2.42. The highest BCUT2D eigenvalue weighted by atomic mass is 16.2. The first-order valence-corrected chi connectivity index (χ1v) is 11.1. The molecule has 0 spiro atoms. The third-order valence-electron chi connectivity index (χ3n) is 6.89. The van der Waals surface area contributed by atoms with Crippen molar-refractivity contribution in [2.45, 2.75) is 95.3 Å². The molecular formula is C23H33N3O2. The van der Waals surface area contributed by atoms with E-state index >= 15 is 0 Å². The van der Waals surface area contributed by atoms with Crippen molar-refractivity contribution in [3.05, 3.63) is 29.8 Å². The average molecular weight is 384 g/mol. The smallest absolute Gasteiger partial charge is 0.319 e. The molecule has 3 fully saturated rings. The lowest BCUT2D eigenvalue weighted by Crippen LogP contribution is -2.60. The number of urea groups is 1. The monoisotopic (exact) mass is 383 g/mol. The maximum atomic E-state index is 12.5. The van der Waals surface area contributed by atoms with Gasteiger partial charge in [-0.3, -0.25) is 9.69 Å². The lowest BCUT2D eigenvalue weighted by molar-refractivity contribution is -0.0202. The van der Waals surface area contributed by atoms with Crippen molar-refractivity contribution in [2.75, 3.05) is 5.32 Å². The Morgan fingerprint density at radius 2 is 1.61 bits per heavy atom. The van der Waals surface area contributed by atoms with Crippen LogP contribution in [0.2, 0.25) is 0 Å². The Morgan fingerprint density at radius 3 is 2.29 bits per heavy atom. The second-order valence-corrected chi connectivity index (χ2v) is 8.88. The number of nitrogens with zero attached hydrogens (tertiary/aromatic N) is 1. The number of piperidine rings is 2. The van der Waals surface area contributed by atoms with Crippen molar-refractivity contribution >= 4 is 17.5 Å². The Hall–Kier alpha value is -1.88. The fourth-order valence-electron chi connectivity index (χ4n) is 5.68. The van der Waals surface area contributed by atoms with Crippen LogP contribution in [-0.2, 0) is 0 Å². The number of carbonyl (C=O) groups is 2. The summed E-state index contributed by atoms with van der Waals surface area (Å²) in [6.07, 6.45) is 12.9. The average Bonchev–Trinajstić information content (AvgIpc) is 2.68. The molecule has 4 rings (SSSR count). The summed E-state index contributed by atoms with van der Waals surface area (Å²) in [5, 5.41) is 6.12. The number of carbonyl (C=O) groups excluding carboxylic acids is 2. The molecule has 0 radical (unpaired) electrons. The van der Waals surface area contributed by atoms with E-state index in [1.54, 1.807) is 18.2 Å². The Kier molecular flexibility index (Phi) is 6.00. The Balaban J connectivity index is 1.35. The molecule has 0 unspecified atom stereocenters. The van der Waals surface area contributed by atoms with Crippen LogP contribution in [0.5, 0.6) is 0 Å². The summed E-state index contributed by atoms with van der Waals surface area (Å²) in [6.45, 7) is 1.54. The van der Waals surface area contributed by atoms with E-state index in [2.05, 4.69) is 15.5 Å². The highest BCUT2D eigenvalue weighted by molar-refractivity contribution is 5.96. The van der Waals surface area contributed by atoms with Crippen molar-refractivity contribution in [3.63, 3.8) is 0 Å². The second kappa shape index (κ2) is 8.64. The van der Waals surface area contributed by atoms with Crippen molar-refractivity contribution in [2.24, 2.45) is 0 Å². The topological polar surface area (TPSA) is 61.4 Å². The van der Waals surface area contributed by atoms with Gasteiger partial charge in [-0.25, -0.2) is 4.79 Å². The van der Waals surface area contributed by atoms with E-state index in [1.165, 1.54) is 58.3 Å². The molecule has 2 heterocycles. The first-order valence-electron chi connectivity index (χ1n) is 11.1. The first-order chi connectivity index (χ1) is 13.6. The molecule has 2 saturated heterocycles. The fraction of sp³-hybridized carbons (Fsp3) is 0.652. The predicted molar refractivity (Wildman–Crippen MR) is 112 cm³/mol. The van der Waals surface area contributed by atoms with Gasteiger partial charge in [0, 0.05) is 35.4 Å². The molecular weight excluding hydrogens is 350 g/mol. The van der Waals surface area contributed by atoms with Gasteiger partial charge in [-0.1, -0.05) is 37.8 Å². The van der Waals surface area contributed by atoms with Gasteiger partial charge in [0.25, 0.3) is 0 Å². The summed E-state index contributed by atoms with van der Waals surface area (Å²) in [5.41, 5.74) is 1.29. The fourth-order valence-corrected chi connectivity index (χ4v) is 5.68. The van der Waals surface area contributed by atoms with Gasteiger partial charge in [-0.05, 0) is 57.6 Å². The standard InChI is InChI=1S/C23H33N3O2/c1-16(27)17-7-5-8-18(13-17)24-23(28)25-19-14-21-11-6-12-22(15-19)26(21)20-9-3-2-4-10-20/h5,7-8,13,19-22H,2-4,6,9-12,14-15H2,1H3,(H2,24,25,28)/t21-,22-/m1/s1. The minimum Gasteiger partial charge on any atom is -0.335 e. The number of Topliss-reactive ketones (excluding diaryl/α,β-unsaturated/α-hetero) is 1. The first kappa shape index (κ1) is 19.4. The molecule has 2 atom stereocenters. The van der Waals surface area contributed by atoms with E-state index in [1.807, 2.05) is 6.07 Å². The van der Waals surface area contributed by atoms with Gasteiger partial charge < -0.3 is 10.6 Å². The quantitative estimate of drug-likeness (QED) is 0.739. The van der Waals surface area contributed by atoms with Crippen molar-refractivity contribution in [1.29, 1.82) is 0 Å². The number of nitrogens with one attached hydrogen (secondary N) is 2. The number of fused-ring (bicyclic) bond motifs is 2. The zero-order chi connectivity index (χ0) is 19.5. The van der Waals surface area contributed by atoms with E-state index in [4.69, 9.17) is 0 Å². The third-order valence-corrected chi connectivity index (χ3v) is 6.89. The minimum absolute atomic E-state index is 0.00645. The number of rotatable bonds is 4. The summed E-state index contributed by atoms with van der Waals surface area (Å²) in [4.78, 5) is 26.9. The molecule has 3 aliphatic rings. The number of hydrogen-bond acceptors (Lipinski definition) is 3. The van der Waals surface area contributed by atoms with E-state index in [0.717, 1.165) is 18.9 Å². The van der Waals surface area contributed by atoms with E-state index < -0.39 is 0 Å². The maximum absolute atomic E-state index is 12.5. The third kappa shape index (κ3) is 4.40. The van der Waals surface area contributed by atoms with Crippen molar-refractivity contribution < 1.29 is 9.59 Å². The Labute approximate surface area is 168 Å². The zero-order valence-corrected chi connectivity index (χ0v) is 17.0. The van der Waals surface area contributed by atoms with Crippen LogP contribution in [0.3, 0.4) is 0 Å². The molecule has 2 bridgehead atoms. The van der Waals surface area contributed by atoms with Crippen LogP contribution in [0.4, 0.5) is 10.5 Å². The number of ketones is 1. The van der Waals surface area contributed by atoms with E-state index in [0.29, 0.717) is 23.3 Å².